The van der Waals surface area contributed by atoms with Gasteiger partial charge in [0, 0.05) is 17.2 Å². The van der Waals surface area contributed by atoms with E-state index in [4.69, 9.17) is 9.47 Å². The van der Waals surface area contributed by atoms with E-state index in [2.05, 4.69) is 21.2 Å². The van der Waals surface area contributed by atoms with Gasteiger partial charge in [-0.25, -0.2) is 4.39 Å². The highest BCUT2D eigenvalue weighted by Crippen LogP contribution is 2.34. The molecule has 0 aliphatic carbocycles. The third-order valence-electron chi connectivity index (χ3n) is 3.97. The Kier molecular flexibility index (Phi) is 8.45. The van der Waals surface area contributed by atoms with Crippen molar-refractivity contribution in [2.45, 2.75) is 20.3 Å². The molecular weight excluding hydrogens is 443 g/mol. The lowest BCUT2D eigenvalue weighted by molar-refractivity contribution is -0.132. The number of ether oxygens (including phenoxy) is 2. The summed E-state index contributed by atoms with van der Waals surface area (Å²) in [5, 5.41) is 2.57. The molecule has 2 aromatic carbocycles. The number of hydrogen-bond acceptors (Lipinski definition) is 4. The molecule has 0 aliphatic rings. The lowest BCUT2D eigenvalue weighted by Crippen LogP contribution is -2.35. The largest absolute Gasteiger partial charge is 0.490 e. The Bertz CT molecular complexity index is 876. The molecule has 0 saturated carbocycles. The Morgan fingerprint density at radius 1 is 1.10 bits per heavy atom. The average molecular weight is 467 g/mol. The van der Waals surface area contributed by atoms with Gasteiger partial charge in [0.2, 0.25) is 11.8 Å². The van der Waals surface area contributed by atoms with Gasteiger partial charge in [0.1, 0.15) is 5.82 Å². The zero-order valence-electron chi connectivity index (χ0n) is 16.6. The summed E-state index contributed by atoms with van der Waals surface area (Å²) in [6, 6.07) is 9.11. The van der Waals surface area contributed by atoms with E-state index < -0.39 is 11.7 Å². The van der Waals surface area contributed by atoms with Crippen LogP contribution >= 0.6 is 15.9 Å². The molecule has 0 radical (unpaired) electrons. The molecule has 8 heteroatoms. The van der Waals surface area contributed by atoms with Crippen molar-refractivity contribution >= 4 is 33.4 Å². The van der Waals surface area contributed by atoms with Gasteiger partial charge in [0.15, 0.2) is 11.5 Å². The summed E-state index contributed by atoms with van der Waals surface area (Å²) < 4.78 is 25.1. The van der Waals surface area contributed by atoms with Crippen molar-refractivity contribution in [2.75, 3.05) is 32.1 Å². The van der Waals surface area contributed by atoms with Crippen LogP contribution in [-0.4, -0.2) is 43.5 Å². The smallest absolute Gasteiger partial charge is 0.243 e. The number of anilines is 1. The van der Waals surface area contributed by atoms with Crippen molar-refractivity contribution < 1.29 is 23.5 Å². The molecule has 2 aromatic rings. The number of benzene rings is 2. The molecule has 0 aliphatic heterocycles. The Hall–Kier alpha value is -2.61. The van der Waals surface area contributed by atoms with Gasteiger partial charge in [0.05, 0.1) is 26.2 Å². The van der Waals surface area contributed by atoms with Crippen molar-refractivity contribution in [2.24, 2.45) is 0 Å². The van der Waals surface area contributed by atoms with E-state index in [1.54, 1.807) is 25.2 Å². The van der Waals surface area contributed by atoms with Gasteiger partial charge < -0.3 is 19.7 Å². The minimum absolute atomic E-state index is 0.0802. The molecule has 1 N–H and O–H groups in total. The van der Waals surface area contributed by atoms with Crippen LogP contribution < -0.4 is 14.8 Å². The number of amides is 2. The molecular formula is C21H24BrFN2O4. The van der Waals surface area contributed by atoms with E-state index in [0.29, 0.717) is 30.4 Å². The summed E-state index contributed by atoms with van der Waals surface area (Å²) in [7, 11) is 1.54. The molecule has 0 unspecified atom stereocenters. The normalized spacial score (nSPS) is 10.4. The molecule has 156 valence electrons. The van der Waals surface area contributed by atoms with Crippen molar-refractivity contribution in [1.29, 1.82) is 0 Å². The van der Waals surface area contributed by atoms with Crippen LogP contribution in [0, 0.1) is 5.82 Å². The number of nitrogens with one attached hydrogen (secondary N) is 1. The fourth-order valence-electron chi connectivity index (χ4n) is 2.62. The van der Waals surface area contributed by atoms with Crippen molar-refractivity contribution in [3.8, 4) is 11.5 Å². The van der Waals surface area contributed by atoms with Crippen LogP contribution in [0.15, 0.2) is 40.9 Å². The van der Waals surface area contributed by atoms with Crippen LogP contribution in [0.3, 0.4) is 0 Å². The molecule has 2 amide bonds. The maximum absolute atomic E-state index is 13.2. The molecule has 2 rings (SSSR count). The summed E-state index contributed by atoms with van der Waals surface area (Å²) in [5.74, 6) is 0.0590. The summed E-state index contributed by atoms with van der Waals surface area (Å²) in [6.07, 6.45) is 0.0802. The first-order valence-electron chi connectivity index (χ1n) is 9.21. The highest BCUT2D eigenvalue weighted by atomic mass is 79.9. The van der Waals surface area contributed by atoms with E-state index in [1.807, 2.05) is 13.8 Å². The maximum Gasteiger partial charge on any atom is 0.243 e. The number of carbonyl (C=O) groups excluding carboxylic acids is 2. The van der Waals surface area contributed by atoms with E-state index in [1.165, 1.54) is 23.1 Å². The van der Waals surface area contributed by atoms with Gasteiger partial charge in [-0.2, -0.15) is 0 Å². The Morgan fingerprint density at radius 3 is 2.38 bits per heavy atom. The minimum Gasteiger partial charge on any atom is -0.490 e. The number of rotatable bonds is 9. The Morgan fingerprint density at radius 2 is 1.76 bits per heavy atom. The SMILES string of the molecule is CCOc1cc(Br)c(CC(=O)N(C)CC(=O)Nc2cccc(F)c2)cc1OCC. The van der Waals surface area contributed by atoms with Crippen molar-refractivity contribution in [3.63, 3.8) is 0 Å². The van der Waals surface area contributed by atoms with Gasteiger partial charge in [-0.15, -0.1) is 0 Å². The number of likely N-dealkylation sites (N-methyl/N-ethyl adjacent to an activating group) is 1. The Labute approximate surface area is 178 Å². The second-order valence-corrected chi connectivity index (χ2v) is 7.10. The molecule has 6 nitrogen and oxygen atoms in total. The predicted octanol–water partition coefficient (Wildman–Crippen LogP) is 4.03. The zero-order valence-corrected chi connectivity index (χ0v) is 18.2. The fourth-order valence-corrected chi connectivity index (χ4v) is 3.08. The first-order valence-corrected chi connectivity index (χ1v) is 10.0. The van der Waals surface area contributed by atoms with Crippen LogP contribution in [0.1, 0.15) is 19.4 Å². The number of halogens is 2. The second kappa shape index (κ2) is 10.8. The predicted molar refractivity (Wildman–Crippen MR) is 113 cm³/mol. The van der Waals surface area contributed by atoms with E-state index in [9.17, 15) is 14.0 Å². The number of nitrogens with zero attached hydrogens (tertiary/aromatic N) is 1. The molecule has 0 aromatic heterocycles. The van der Waals surface area contributed by atoms with Crippen molar-refractivity contribution in [3.05, 3.63) is 52.3 Å². The standard InChI is InChI=1S/C21H24BrFN2O4/c1-4-28-18-9-14(17(22)12-19(18)29-5-2)10-21(27)25(3)13-20(26)24-16-8-6-7-15(23)11-16/h6-9,11-12H,4-5,10,13H2,1-3H3,(H,24,26). The van der Waals surface area contributed by atoms with Crippen LogP contribution in [0.2, 0.25) is 0 Å². The third kappa shape index (κ3) is 6.74. The monoisotopic (exact) mass is 466 g/mol. The lowest BCUT2D eigenvalue weighted by Gasteiger charge is -2.18. The van der Waals surface area contributed by atoms with Gasteiger partial charge in [0.25, 0.3) is 0 Å². The quantitative estimate of drug-likeness (QED) is 0.605. The molecule has 29 heavy (non-hydrogen) atoms. The average Bonchev–Trinajstić information content (AvgIpc) is 2.65. The highest BCUT2D eigenvalue weighted by molar-refractivity contribution is 9.10. The first kappa shape index (κ1) is 22.7. The van der Waals surface area contributed by atoms with Gasteiger partial charge in [-0.1, -0.05) is 22.0 Å². The summed E-state index contributed by atoms with van der Waals surface area (Å²) in [4.78, 5) is 26.0. The summed E-state index contributed by atoms with van der Waals surface area (Å²) >= 11 is 3.46. The van der Waals surface area contributed by atoms with Gasteiger partial charge >= 0.3 is 0 Å². The highest BCUT2D eigenvalue weighted by Gasteiger charge is 2.18. The lowest BCUT2D eigenvalue weighted by atomic mass is 10.1. The molecule has 0 bridgehead atoms. The third-order valence-corrected chi connectivity index (χ3v) is 4.71. The van der Waals surface area contributed by atoms with Crippen LogP contribution in [0.25, 0.3) is 0 Å². The zero-order chi connectivity index (χ0) is 21.4. The fraction of sp³-hybridized carbons (Fsp3) is 0.333. The van der Waals surface area contributed by atoms with Crippen molar-refractivity contribution in [1.82, 2.24) is 4.90 Å². The second-order valence-electron chi connectivity index (χ2n) is 6.24. The summed E-state index contributed by atoms with van der Waals surface area (Å²) in [5.41, 5.74) is 1.06. The molecule has 0 atom stereocenters. The minimum atomic E-state index is -0.447. The molecule has 0 spiro atoms. The topological polar surface area (TPSA) is 67.9 Å². The van der Waals surface area contributed by atoms with E-state index in [0.717, 1.165) is 10.0 Å². The molecule has 0 fully saturated rings. The number of hydrogen-bond donors (Lipinski definition) is 1. The Balaban J connectivity index is 2.02. The summed E-state index contributed by atoms with van der Waals surface area (Å²) in [6.45, 7) is 4.56. The molecule has 0 saturated heterocycles. The van der Waals surface area contributed by atoms with E-state index in [-0.39, 0.29) is 18.9 Å². The van der Waals surface area contributed by atoms with Gasteiger partial charge in [-0.3, -0.25) is 9.59 Å². The van der Waals surface area contributed by atoms with Crippen LogP contribution in [-0.2, 0) is 16.0 Å². The number of carbonyl (C=O) groups is 2. The first-order chi connectivity index (χ1) is 13.8. The van der Waals surface area contributed by atoms with Gasteiger partial charge in [-0.05, 0) is 49.7 Å². The van der Waals surface area contributed by atoms with Crippen LogP contribution in [0.4, 0.5) is 10.1 Å². The van der Waals surface area contributed by atoms with Crippen LogP contribution in [0.5, 0.6) is 11.5 Å². The van der Waals surface area contributed by atoms with E-state index >= 15 is 0 Å². The molecule has 0 heterocycles. The maximum atomic E-state index is 13.2.